The number of benzene rings is 3. The Hall–Kier alpha value is -3.31. The lowest BCUT2D eigenvalue weighted by Gasteiger charge is -2.42. The van der Waals surface area contributed by atoms with Crippen molar-refractivity contribution in [2.24, 2.45) is 0 Å². The molecule has 4 aromatic rings. The zero-order chi connectivity index (χ0) is 21.5. The Morgan fingerprint density at radius 1 is 0.969 bits per heavy atom. The molecule has 5 heteroatoms. The molecule has 1 fully saturated rings. The number of thiazole rings is 1. The van der Waals surface area contributed by atoms with Crippen LogP contribution in [0.2, 0.25) is 0 Å². The molecule has 0 unspecified atom stereocenters. The van der Waals surface area contributed by atoms with Gasteiger partial charge in [-0.3, -0.25) is 0 Å². The quantitative estimate of drug-likeness (QED) is 0.368. The summed E-state index contributed by atoms with van der Waals surface area (Å²) in [6.07, 6.45) is 6.40. The van der Waals surface area contributed by atoms with Gasteiger partial charge in [-0.2, -0.15) is 0 Å². The molecule has 0 atom stereocenters. The first-order valence-electron chi connectivity index (χ1n) is 11.0. The highest BCUT2D eigenvalue weighted by Gasteiger charge is 2.37. The van der Waals surface area contributed by atoms with Crippen molar-refractivity contribution < 1.29 is 9.47 Å². The normalized spacial score (nSPS) is 16.7. The molecule has 0 bridgehead atoms. The Labute approximate surface area is 191 Å². The summed E-state index contributed by atoms with van der Waals surface area (Å²) in [6.45, 7) is 1.86. The Morgan fingerprint density at radius 3 is 2.62 bits per heavy atom. The Bertz CT molecular complexity index is 1300. The van der Waals surface area contributed by atoms with Crippen molar-refractivity contribution in [1.29, 1.82) is 0 Å². The van der Waals surface area contributed by atoms with Crippen molar-refractivity contribution in [1.82, 2.24) is 4.98 Å². The molecule has 1 saturated heterocycles. The van der Waals surface area contributed by atoms with E-state index in [0.717, 1.165) is 58.3 Å². The summed E-state index contributed by atoms with van der Waals surface area (Å²) in [5.41, 5.74) is 4.40. The van der Waals surface area contributed by atoms with E-state index in [2.05, 4.69) is 65.6 Å². The first kappa shape index (κ1) is 19.4. The average Bonchev–Trinajstić information content (AvgIpc) is 3.28. The minimum atomic E-state index is -0.225. The molecule has 2 aliphatic rings. The van der Waals surface area contributed by atoms with Crippen molar-refractivity contribution in [2.45, 2.75) is 18.4 Å². The van der Waals surface area contributed by atoms with Crippen LogP contribution in [0.25, 0.3) is 27.4 Å². The molecule has 3 heterocycles. The molecule has 6 rings (SSSR count). The van der Waals surface area contributed by atoms with Crippen LogP contribution in [0.4, 0.5) is 5.13 Å². The number of ether oxygens (including phenoxy) is 2. The van der Waals surface area contributed by atoms with E-state index in [4.69, 9.17) is 14.5 Å². The van der Waals surface area contributed by atoms with Crippen LogP contribution in [0.5, 0.6) is 11.5 Å². The average molecular weight is 441 g/mol. The summed E-state index contributed by atoms with van der Waals surface area (Å²) in [7, 11) is 1.70. The summed E-state index contributed by atoms with van der Waals surface area (Å²) in [5.74, 6) is 1.85. The van der Waals surface area contributed by atoms with Gasteiger partial charge in [0.25, 0.3) is 0 Å². The number of aromatic nitrogens is 1. The summed E-state index contributed by atoms with van der Waals surface area (Å²) < 4.78 is 13.1. The molecule has 0 saturated carbocycles. The van der Waals surface area contributed by atoms with Crippen molar-refractivity contribution in [3.8, 4) is 22.6 Å². The third-order valence-electron chi connectivity index (χ3n) is 6.46. The van der Waals surface area contributed by atoms with Gasteiger partial charge < -0.3 is 14.4 Å². The maximum atomic E-state index is 6.58. The molecule has 0 amide bonds. The van der Waals surface area contributed by atoms with Crippen molar-refractivity contribution in [3.63, 3.8) is 0 Å². The highest BCUT2D eigenvalue weighted by atomic mass is 32.1. The summed E-state index contributed by atoms with van der Waals surface area (Å²) >= 11 is 1.73. The number of nitrogens with zero attached hydrogens (tertiary/aromatic N) is 2. The number of anilines is 1. The minimum absolute atomic E-state index is 0.225. The van der Waals surface area contributed by atoms with E-state index in [1.165, 1.54) is 11.1 Å². The van der Waals surface area contributed by atoms with Gasteiger partial charge in [-0.1, -0.05) is 53.8 Å². The molecule has 3 aromatic carbocycles. The molecule has 4 nitrogen and oxygen atoms in total. The summed E-state index contributed by atoms with van der Waals surface area (Å²) in [6, 6.07) is 23.1. The molecule has 2 aliphatic heterocycles. The van der Waals surface area contributed by atoms with Crippen LogP contribution in [0.3, 0.4) is 0 Å². The lowest BCUT2D eigenvalue weighted by molar-refractivity contribution is 0.0893. The third-order valence-corrected chi connectivity index (χ3v) is 7.54. The van der Waals surface area contributed by atoms with E-state index < -0.39 is 0 Å². The van der Waals surface area contributed by atoms with Crippen LogP contribution in [0.15, 0.2) is 72.8 Å². The summed E-state index contributed by atoms with van der Waals surface area (Å²) in [5, 5.41) is 1.08. The largest absolute Gasteiger partial charge is 0.497 e. The van der Waals surface area contributed by atoms with E-state index in [9.17, 15) is 0 Å². The number of piperidine rings is 1. The van der Waals surface area contributed by atoms with Gasteiger partial charge in [-0.05, 0) is 47.5 Å². The lowest BCUT2D eigenvalue weighted by atomic mass is 9.88. The zero-order valence-electron chi connectivity index (χ0n) is 18.0. The molecule has 0 N–H and O–H groups in total. The Kier molecular flexibility index (Phi) is 4.65. The van der Waals surface area contributed by atoms with E-state index in [1.54, 1.807) is 18.4 Å². The van der Waals surface area contributed by atoms with Crippen molar-refractivity contribution in [3.05, 3.63) is 78.4 Å². The highest BCUT2D eigenvalue weighted by molar-refractivity contribution is 7.22. The maximum absolute atomic E-state index is 6.58. The lowest BCUT2D eigenvalue weighted by Crippen LogP contribution is -2.47. The first-order valence-corrected chi connectivity index (χ1v) is 11.8. The van der Waals surface area contributed by atoms with Gasteiger partial charge >= 0.3 is 0 Å². The second-order valence-electron chi connectivity index (χ2n) is 8.44. The van der Waals surface area contributed by atoms with Gasteiger partial charge in [0.1, 0.15) is 17.1 Å². The smallest absolute Gasteiger partial charge is 0.186 e. The third kappa shape index (κ3) is 3.43. The molecular weight excluding hydrogens is 416 g/mol. The van der Waals surface area contributed by atoms with Crippen LogP contribution in [-0.4, -0.2) is 30.8 Å². The molecule has 1 aromatic heterocycles. The Morgan fingerprint density at radius 2 is 1.81 bits per heavy atom. The molecule has 160 valence electrons. The molecular formula is C27H24N2O2S. The topological polar surface area (TPSA) is 34.6 Å². The summed E-state index contributed by atoms with van der Waals surface area (Å²) in [4.78, 5) is 7.23. The Balaban J connectivity index is 1.19. The molecule has 0 radical (unpaired) electrons. The fourth-order valence-electron chi connectivity index (χ4n) is 4.58. The molecule has 1 spiro atoms. The van der Waals surface area contributed by atoms with Gasteiger partial charge in [0.05, 0.1) is 17.3 Å². The monoisotopic (exact) mass is 440 g/mol. The van der Waals surface area contributed by atoms with E-state index >= 15 is 0 Å². The van der Waals surface area contributed by atoms with Gasteiger partial charge in [0.15, 0.2) is 5.13 Å². The second kappa shape index (κ2) is 7.68. The number of fused-ring (bicyclic) bond motifs is 2. The number of rotatable bonds is 3. The zero-order valence-corrected chi connectivity index (χ0v) is 18.8. The van der Waals surface area contributed by atoms with E-state index in [1.807, 2.05) is 18.2 Å². The van der Waals surface area contributed by atoms with Crippen molar-refractivity contribution >= 4 is 32.8 Å². The van der Waals surface area contributed by atoms with Crippen LogP contribution >= 0.6 is 11.3 Å². The predicted octanol–water partition coefficient (Wildman–Crippen LogP) is 6.42. The van der Waals surface area contributed by atoms with Crippen LogP contribution in [-0.2, 0) is 0 Å². The van der Waals surface area contributed by atoms with E-state index in [0.29, 0.717) is 0 Å². The second-order valence-corrected chi connectivity index (χ2v) is 9.45. The van der Waals surface area contributed by atoms with Gasteiger partial charge in [-0.15, -0.1) is 0 Å². The van der Waals surface area contributed by atoms with Gasteiger partial charge in [-0.25, -0.2) is 4.98 Å². The van der Waals surface area contributed by atoms with Crippen LogP contribution in [0, 0.1) is 0 Å². The number of hydrogen-bond acceptors (Lipinski definition) is 5. The van der Waals surface area contributed by atoms with Crippen molar-refractivity contribution in [2.75, 3.05) is 25.1 Å². The standard InChI is InChI=1S/C27H24N2O2S/c1-30-22-8-9-23-25(18-22)32-26(28-23)29-15-13-27(14-16-29)12-11-21-17-20(7-10-24(21)31-27)19-5-3-2-4-6-19/h2-12,17-18H,13-16H2,1H3. The first-order chi connectivity index (χ1) is 15.7. The maximum Gasteiger partial charge on any atom is 0.186 e. The fourth-order valence-corrected chi connectivity index (χ4v) is 5.62. The minimum Gasteiger partial charge on any atom is -0.497 e. The fraction of sp³-hybridized carbons (Fsp3) is 0.222. The van der Waals surface area contributed by atoms with E-state index in [-0.39, 0.29) is 5.60 Å². The van der Waals surface area contributed by atoms with Crippen LogP contribution < -0.4 is 14.4 Å². The molecule has 32 heavy (non-hydrogen) atoms. The predicted molar refractivity (Wildman–Crippen MR) is 132 cm³/mol. The van der Waals surface area contributed by atoms with Gasteiger partial charge in [0.2, 0.25) is 0 Å². The number of hydrogen-bond donors (Lipinski definition) is 0. The van der Waals surface area contributed by atoms with Crippen LogP contribution in [0.1, 0.15) is 18.4 Å². The van der Waals surface area contributed by atoms with Gasteiger partial charge in [0, 0.05) is 31.5 Å². The highest BCUT2D eigenvalue weighted by Crippen LogP contribution is 2.40. The molecule has 0 aliphatic carbocycles. The number of methoxy groups -OCH3 is 1. The SMILES string of the molecule is COc1ccc2nc(N3CCC4(C=Cc5cc(-c6ccccc6)ccc5O4)CC3)sc2c1.